The van der Waals surface area contributed by atoms with Crippen LogP contribution in [0.25, 0.3) is 0 Å². The van der Waals surface area contributed by atoms with Crippen molar-refractivity contribution in [2.24, 2.45) is 10.9 Å². The van der Waals surface area contributed by atoms with Crippen molar-refractivity contribution in [3.8, 4) is 0 Å². The monoisotopic (exact) mass is 344 g/mol. The lowest BCUT2D eigenvalue weighted by Gasteiger charge is -2.40. The Kier molecular flexibility index (Phi) is 9.93. The second kappa shape index (κ2) is 11.7. The van der Waals surface area contributed by atoms with Crippen LogP contribution >= 0.6 is 0 Å². The lowest BCUT2D eigenvalue weighted by atomic mass is 10.0. The summed E-state index contributed by atoms with van der Waals surface area (Å²) in [6, 6.07) is 0.466. The number of rotatable bonds is 3. The molecular weight excluding hydrogens is 308 g/mol. The van der Waals surface area contributed by atoms with Gasteiger partial charge in [-0.1, -0.05) is 65.0 Å². The van der Waals surface area contributed by atoms with E-state index in [1.165, 1.54) is 5.57 Å². The largest absolute Gasteiger partial charge is 0.337 e. The fourth-order valence-corrected chi connectivity index (χ4v) is 3.04. The molecule has 0 aromatic carbocycles. The van der Waals surface area contributed by atoms with Crippen LogP contribution in [0.1, 0.15) is 41.0 Å². The SMILES string of the molecule is CC.CCC1=C\C=C/C=C/C=C\1NC(=NC)N1CCNCC1C(C)C. The van der Waals surface area contributed by atoms with Crippen LogP contribution in [0.4, 0.5) is 0 Å². The Bertz CT molecular complexity index is 538. The topological polar surface area (TPSA) is 39.7 Å². The number of aliphatic imine (C=N–C) groups is 1. The van der Waals surface area contributed by atoms with Crippen molar-refractivity contribution in [2.45, 2.75) is 47.1 Å². The average molecular weight is 345 g/mol. The fraction of sp³-hybridized carbons (Fsp3) is 0.571. The third-order valence-corrected chi connectivity index (χ3v) is 4.40. The Morgan fingerprint density at radius 1 is 1.24 bits per heavy atom. The van der Waals surface area contributed by atoms with Crippen molar-refractivity contribution in [3.05, 3.63) is 47.7 Å². The first-order valence-electron chi connectivity index (χ1n) is 9.63. The first-order valence-corrected chi connectivity index (χ1v) is 9.63. The van der Waals surface area contributed by atoms with Crippen molar-refractivity contribution < 1.29 is 0 Å². The maximum atomic E-state index is 4.55. The van der Waals surface area contributed by atoms with Gasteiger partial charge in [0.05, 0.1) is 0 Å². The Morgan fingerprint density at radius 2 is 1.92 bits per heavy atom. The number of hydrogen-bond acceptors (Lipinski definition) is 2. The number of hydrogen-bond donors (Lipinski definition) is 2. The molecule has 0 bridgehead atoms. The minimum Gasteiger partial charge on any atom is -0.337 e. The van der Waals surface area contributed by atoms with Gasteiger partial charge in [0.25, 0.3) is 0 Å². The minimum atomic E-state index is 0.466. The molecule has 2 aliphatic rings. The van der Waals surface area contributed by atoms with Gasteiger partial charge in [0.15, 0.2) is 5.96 Å². The molecule has 140 valence electrons. The predicted octanol–water partition coefficient (Wildman–Crippen LogP) is 3.86. The van der Waals surface area contributed by atoms with Crippen molar-refractivity contribution in [1.29, 1.82) is 0 Å². The lowest BCUT2D eigenvalue weighted by molar-refractivity contribution is 0.201. The van der Waals surface area contributed by atoms with Gasteiger partial charge in [-0.15, -0.1) is 0 Å². The molecule has 0 amide bonds. The van der Waals surface area contributed by atoms with E-state index in [-0.39, 0.29) is 0 Å². The molecule has 0 radical (unpaired) electrons. The molecule has 1 atom stereocenters. The third kappa shape index (κ3) is 6.20. The van der Waals surface area contributed by atoms with Gasteiger partial charge in [0, 0.05) is 38.4 Å². The number of piperazine rings is 1. The van der Waals surface area contributed by atoms with Gasteiger partial charge in [-0.25, -0.2) is 0 Å². The summed E-state index contributed by atoms with van der Waals surface area (Å²) in [6.07, 6.45) is 13.6. The summed E-state index contributed by atoms with van der Waals surface area (Å²) < 4.78 is 0. The standard InChI is InChI=1S/C19H30N4.C2H6/c1-5-16-10-8-6-7-9-11-17(16)22-19(20-4)23-13-12-21-14-18(23)15(2)3;1-2/h6-11,15,18,21H,5,12-14H2,1-4H3,(H,20,22);1-2H3/b7-6?,8-6-,9-7+,10-8?,11-9?,16-10+,17-11+,17-16?;. The molecule has 2 N–H and O–H groups in total. The Morgan fingerprint density at radius 3 is 2.52 bits per heavy atom. The highest BCUT2D eigenvalue weighted by Gasteiger charge is 2.27. The Balaban J connectivity index is 0.00000151. The summed E-state index contributed by atoms with van der Waals surface area (Å²) in [6.45, 7) is 13.7. The van der Waals surface area contributed by atoms with Crippen LogP contribution in [0.5, 0.6) is 0 Å². The van der Waals surface area contributed by atoms with Gasteiger partial charge in [0.1, 0.15) is 0 Å². The second-order valence-corrected chi connectivity index (χ2v) is 6.28. The van der Waals surface area contributed by atoms with E-state index in [4.69, 9.17) is 0 Å². The van der Waals surface area contributed by atoms with E-state index in [1.54, 1.807) is 0 Å². The Hall–Kier alpha value is -1.81. The van der Waals surface area contributed by atoms with E-state index >= 15 is 0 Å². The lowest BCUT2D eigenvalue weighted by Crippen LogP contribution is -2.58. The van der Waals surface area contributed by atoms with Crippen LogP contribution in [0.2, 0.25) is 0 Å². The van der Waals surface area contributed by atoms with E-state index in [1.807, 2.05) is 20.9 Å². The highest BCUT2D eigenvalue weighted by Crippen LogP contribution is 2.17. The van der Waals surface area contributed by atoms with E-state index in [0.717, 1.165) is 37.7 Å². The van der Waals surface area contributed by atoms with Crippen LogP contribution in [-0.2, 0) is 0 Å². The normalized spacial score (nSPS) is 27.7. The molecule has 1 fully saturated rings. The molecule has 1 heterocycles. The van der Waals surface area contributed by atoms with Crippen LogP contribution in [0, 0.1) is 5.92 Å². The average Bonchev–Trinajstić information content (AvgIpc) is 2.63. The highest BCUT2D eigenvalue weighted by atomic mass is 15.3. The molecule has 4 heteroatoms. The van der Waals surface area contributed by atoms with Crippen LogP contribution < -0.4 is 10.6 Å². The third-order valence-electron chi connectivity index (χ3n) is 4.40. The predicted molar refractivity (Wildman–Crippen MR) is 111 cm³/mol. The zero-order valence-electron chi connectivity index (χ0n) is 16.8. The zero-order valence-corrected chi connectivity index (χ0v) is 16.8. The van der Waals surface area contributed by atoms with E-state index < -0.39 is 0 Å². The Labute approximate surface area is 154 Å². The zero-order chi connectivity index (χ0) is 18.7. The molecule has 4 nitrogen and oxygen atoms in total. The summed E-state index contributed by atoms with van der Waals surface area (Å²) in [5.41, 5.74) is 2.43. The van der Waals surface area contributed by atoms with Crippen molar-refractivity contribution >= 4 is 5.96 Å². The van der Waals surface area contributed by atoms with Gasteiger partial charge >= 0.3 is 0 Å². The molecule has 0 spiro atoms. The van der Waals surface area contributed by atoms with Crippen LogP contribution in [-0.4, -0.2) is 43.6 Å². The van der Waals surface area contributed by atoms with Gasteiger partial charge in [-0.2, -0.15) is 0 Å². The molecule has 0 saturated carbocycles. The summed E-state index contributed by atoms with van der Waals surface area (Å²) >= 11 is 0. The first-order chi connectivity index (χ1) is 12.2. The highest BCUT2D eigenvalue weighted by molar-refractivity contribution is 5.83. The molecule has 1 saturated heterocycles. The molecule has 25 heavy (non-hydrogen) atoms. The van der Waals surface area contributed by atoms with E-state index in [0.29, 0.717) is 12.0 Å². The summed E-state index contributed by atoms with van der Waals surface area (Å²) in [4.78, 5) is 6.97. The molecular formula is C21H36N4. The van der Waals surface area contributed by atoms with Crippen LogP contribution in [0.3, 0.4) is 0 Å². The first kappa shape index (κ1) is 21.2. The molecule has 1 aliphatic heterocycles. The van der Waals surface area contributed by atoms with E-state index in [9.17, 15) is 0 Å². The summed E-state index contributed by atoms with van der Waals surface area (Å²) in [5.74, 6) is 1.55. The van der Waals surface area contributed by atoms with Gasteiger partial charge in [-0.3, -0.25) is 4.99 Å². The summed E-state index contributed by atoms with van der Waals surface area (Å²) in [5, 5.41) is 7.08. The van der Waals surface area contributed by atoms with Gasteiger partial charge < -0.3 is 15.5 Å². The minimum absolute atomic E-state index is 0.466. The second-order valence-electron chi connectivity index (χ2n) is 6.28. The number of nitrogens with zero attached hydrogens (tertiary/aromatic N) is 2. The van der Waals surface area contributed by atoms with Gasteiger partial charge in [0.2, 0.25) is 0 Å². The number of guanidine groups is 1. The molecule has 2 rings (SSSR count). The van der Waals surface area contributed by atoms with Crippen molar-refractivity contribution in [2.75, 3.05) is 26.7 Å². The molecule has 1 unspecified atom stereocenters. The number of allylic oxidation sites excluding steroid dienone is 7. The van der Waals surface area contributed by atoms with Crippen molar-refractivity contribution in [1.82, 2.24) is 15.5 Å². The maximum Gasteiger partial charge on any atom is 0.198 e. The molecule has 1 aliphatic carbocycles. The molecule has 0 aromatic heterocycles. The van der Waals surface area contributed by atoms with Crippen molar-refractivity contribution in [3.63, 3.8) is 0 Å². The van der Waals surface area contributed by atoms with Crippen LogP contribution in [0.15, 0.2) is 52.7 Å². The van der Waals surface area contributed by atoms with E-state index in [2.05, 4.69) is 77.8 Å². The quantitative estimate of drug-likeness (QED) is 0.603. The fourth-order valence-electron chi connectivity index (χ4n) is 3.04. The van der Waals surface area contributed by atoms with Gasteiger partial charge in [-0.05, 0) is 24.0 Å². The summed E-state index contributed by atoms with van der Waals surface area (Å²) in [7, 11) is 1.87. The smallest absolute Gasteiger partial charge is 0.198 e. The number of nitrogens with one attached hydrogen (secondary N) is 2. The molecule has 0 aromatic rings. The maximum absolute atomic E-state index is 4.55.